The molecule has 0 amide bonds. The van der Waals surface area contributed by atoms with Gasteiger partial charge in [-0.05, 0) is 44.9 Å². The zero-order valence-electron chi connectivity index (χ0n) is 12.5. The maximum Gasteiger partial charge on any atom is 0.416 e. The van der Waals surface area contributed by atoms with E-state index in [1.165, 1.54) is 0 Å². The summed E-state index contributed by atoms with van der Waals surface area (Å²) in [7, 11) is 0. The topological polar surface area (TPSA) is 67.8 Å². The summed E-state index contributed by atoms with van der Waals surface area (Å²) in [6, 6.07) is 2.66. The van der Waals surface area contributed by atoms with Crippen molar-refractivity contribution in [3.8, 4) is 0 Å². The molecule has 0 spiro atoms. The maximum absolute atomic E-state index is 12.7. The zero-order valence-corrected chi connectivity index (χ0v) is 12.5. The molecule has 1 aromatic carbocycles. The molecule has 0 fully saturated rings. The van der Waals surface area contributed by atoms with Gasteiger partial charge in [0.25, 0.3) is 0 Å². The van der Waals surface area contributed by atoms with Gasteiger partial charge in [-0.25, -0.2) is 0 Å². The summed E-state index contributed by atoms with van der Waals surface area (Å²) in [5, 5.41) is 21.9. The van der Waals surface area contributed by atoms with Crippen LogP contribution in [0.15, 0.2) is 18.2 Å². The molecule has 0 heterocycles. The molecule has 1 atom stereocenters. The molecule has 0 radical (unpaired) electrons. The molecule has 2 N–H and O–H groups in total. The van der Waals surface area contributed by atoms with Gasteiger partial charge in [0, 0.05) is 18.8 Å². The van der Waals surface area contributed by atoms with Crippen molar-refractivity contribution in [2.75, 3.05) is 23.7 Å². The largest absolute Gasteiger partial charge is 0.733 e. The van der Waals surface area contributed by atoms with E-state index in [9.17, 15) is 18.4 Å². The Morgan fingerprint density at radius 2 is 2.05 bits per heavy atom. The van der Waals surface area contributed by atoms with Crippen molar-refractivity contribution in [1.29, 1.82) is 0 Å². The highest BCUT2D eigenvalue weighted by Gasteiger charge is 2.31. The monoisotopic (exact) mass is 321 g/mol. The van der Waals surface area contributed by atoms with E-state index in [1.807, 2.05) is 13.8 Å². The number of alkyl halides is 3. The molecule has 8 heteroatoms. The lowest BCUT2D eigenvalue weighted by Gasteiger charge is -2.24. The second-order valence-electron chi connectivity index (χ2n) is 4.87. The Labute approximate surface area is 127 Å². The van der Waals surface area contributed by atoms with Crippen LogP contribution in [0.3, 0.4) is 0 Å². The summed E-state index contributed by atoms with van der Waals surface area (Å²) < 4.78 is 43.6. The number of nitrogens with one attached hydrogen (secondary N) is 1. The van der Waals surface area contributed by atoms with Gasteiger partial charge in [-0.15, -0.1) is 0 Å². The minimum Gasteiger partial charge on any atom is -0.733 e. The van der Waals surface area contributed by atoms with E-state index < -0.39 is 22.7 Å². The molecule has 0 saturated carbocycles. The van der Waals surface area contributed by atoms with E-state index in [0.717, 1.165) is 18.6 Å². The third kappa shape index (κ3) is 6.08. The molecule has 5 nitrogen and oxygen atoms in total. The lowest BCUT2D eigenvalue weighted by Crippen LogP contribution is -2.13. The number of rotatable bonds is 8. The van der Waals surface area contributed by atoms with Crippen LogP contribution in [-0.4, -0.2) is 24.5 Å². The predicted molar refractivity (Wildman–Crippen MR) is 77.9 cm³/mol. The number of anilines is 2. The maximum atomic E-state index is 12.7. The first-order valence-corrected chi connectivity index (χ1v) is 6.98. The lowest BCUT2D eigenvalue weighted by molar-refractivity contribution is -0.137. The fourth-order valence-corrected chi connectivity index (χ4v) is 1.98. The summed E-state index contributed by atoms with van der Waals surface area (Å²) in [6.07, 6.45) is -3.04. The van der Waals surface area contributed by atoms with Crippen molar-refractivity contribution >= 4 is 11.4 Å². The van der Waals surface area contributed by atoms with Crippen LogP contribution >= 0.6 is 0 Å². The Balaban J connectivity index is 2.68. The Kier molecular flexibility index (Phi) is 6.92. The molecule has 1 unspecified atom stereocenters. The number of ether oxygens (including phenoxy) is 1. The van der Waals surface area contributed by atoms with E-state index in [-0.39, 0.29) is 11.8 Å². The summed E-state index contributed by atoms with van der Waals surface area (Å²) in [4.78, 5) is 0. The van der Waals surface area contributed by atoms with Crippen molar-refractivity contribution in [3.05, 3.63) is 29.0 Å². The fraction of sp³-hybridized carbons (Fsp3) is 0.571. The van der Waals surface area contributed by atoms with Crippen LogP contribution in [-0.2, 0) is 10.9 Å². The highest BCUT2D eigenvalue weighted by Crippen LogP contribution is 2.34. The number of halogens is 3. The third-order valence-corrected chi connectivity index (χ3v) is 3.03. The smallest absolute Gasteiger partial charge is 0.416 e. The first-order valence-electron chi connectivity index (χ1n) is 6.98. The van der Waals surface area contributed by atoms with Gasteiger partial charge in [0.2, 0.25) is 0 Å². The normalized spacial score (nSPS) is 13.0. The second-order valence-corrected chi connectivity index (χ2v) is 4.87. The van der Waals surface area contributed by atoms with E-state index in [4.69, 9.17) is 9.94 Å². The molecule has 22 heavy (non-hydrogen) atoms. The van der Waals surface area contributed by atoms with Crippen LogP contribution in [0.4, 0.5) is 24.5 Å². The summed E-state index contributed by atoms with van der Waals surface area (Å²) >= 11 is 0. The molecule has 0 aliphatic heterocycles. The highest BCUT2D eigenvalue weighted by atomic mass is 19.4. The third-order valence-electron chi connectivity index (χ3n) is 3.03. The Hall–Kier alpha value is -1.51. The van der Waals surface area contributed by atoms with E-state index >= 15 is 0 Å². The average molecular weight is 321 g/mol. The average Bonchev–Trinajstić information content (AvgIpc) is 2.42. The van der Waals surface area contributed by atoms with Gasteiger partial charge < -0.3 is 20.5 Å². The SMILES string of the molecule is CCOC(C)CCCNc1cc(N([O-])O)cc(C(F)(F)F)c1. The number of benzene rings is 1. The molecule has 0 aromatic heterocycles. The van der Waals surface area contributed by atoms with Gasteiger partial charge in [-0.1, -0.05) is 0 Å². The molecular weight excluding hydrogens is 301 g/mol. The molecule has 1 rings (SSSR count). The van der Waals surface area contributed by atoms with Gasteiger partial charge in [-0.3, -0.25) is 5.21 Å². The highest BCUT2D eigenvalue weighted by molar-refractivity contribution is 5.60. The quantitative estimate of drug-likeness (QED) is 0.559. The van der Waals surface area contributed by atoms with E-state index in [0.29, 0.717) is 25.6 Å². The summed E-state index contributed by atoms with van der Waals surface area (Å²) in [5.74, 6) is 0. The minimum absolute atomic E-state index is 0.0819. The Bertz CT molecular complexity index is 467. The molecular formula is C14H20F3N2O3-. The molecule has 1 aromatic rings. The molecule has 0 aliphatic rings. The first kappa shape index (κ1) is 18.5. The van der Waals surface area contributed by atoms with Crippen LogP contribution in [0.2, 0.25) is 0 Å². The van der Waals surface area contributed by atoms with Gasteiger partial charge in [0.1, 0.15) is 0 Å². The number of hydrogen-bond acceptors (Lipinski definition) is 5. The van der Waals surface area contributed by atoms with Crippen molar-refractivity contribution < 1.29 is 23.1 Å². The first-order chi connectivity index (χ1) is 10.2. The predicted octanol–water partition coefficient (Wildman–Crippen LogP) is 4.02. The van der Waals surface area contributed by atoms with Crippen LogP contribution < -0.4 is 10.5 Å². The lowest BCUT2D eigenvalue weighted by atomic mass is 10.1. The van der Waals surface area contributed by atoms with Crippen LogP contribution in [0.1, 0.15) is 32.3 Å². The standard InChI is InChI=1S/C14H20F3N2O3/c1-3-22-10(2)5-4-6-18-12-7-11(14(15,16)17)8-13(9-12)19(20)21/h7-10,18,20H,3-6H2,1-2H3/q-1. The zero-order chi connectivity index (χ0) is 16.8. The molecule has 0 bridgehead atoms. The van der Waals surface area contributed by atoms with Crippen molar-refractivity contribution in [3.63, 3.8) is 0 Å². The second kappa shape index (κ2) is 8.21. The molecule has 0 saturated heterocycles. The minimum atomic E-state index is -4.59. The van der Waals surface area contributed by atoms with Crippen molar-refractivity contribution in [2.45, 2.75) is 39.0 Å². The van der Waals surface area contributed by atoms with Gasteiger partial charge in [0.15, 0.2) is 0 Å². The molecule has 0 aliphatic carbocycles. The fourth-order valence-electron chi connectivity index (χ4n) is 1.98. The number of nitrogens with zero attached hydrogens (tertiary/aromatic N) is 1. The van der Waals surface area contributed by atoms with Crippen molar-refractivity contribution in [1.82, 2.24) is 0 Å². The Morgan fingerprint density at radius 3 is 2.59 bits per heavy atom. The van der Waals surface area contributed by atoms with Crippen LogP contribution in [0, 0.1) is 5.21 Å². The Morgan fingerprint density at radius 1 is 1.36 bits per heavy atom. The van der Waals surface area contributed by atoms with Crippen LogP contribution in [0.25, 0.3) is 0 Å². The van der Waals surface area contributed by atoms with Crippen molar-refractivity contribution in [2.24, 2.45) is 0 Å². The van der Waals surface area contributed by atoms with Gasteiger partial charge in [-0.2, -0.15) is 13.2 Å². The van der Waals surface area contributed by atoms with E-state index in [1.54, 1.807) is 0 Å². The number of hydrogen-bond donors (Lipinski definition) is 2. The molecule has 126 valence electrons. The summed E-state index contributed by atoms with van der Waals surface area (Å²) in [6.45, 7) is 4.86. The van der Waals surface area contributed by atoms with Gasteiger partial charge in [0.05, 0.1) is 17.4 Å². The van der Waals surface area contributed by atoms with Gasteiger partial charge >= 0.3 is 6.18 Å². The summed E-state index contributed by atoms with van der Waals surface area (Å²) in [5.41, 5.74) is -1.34. The van der Waals surface area contributed by atoms with E-state index in [2.05, 4.69) is 5.32 Å². The van der Waals surface area contributed by atoms with Crippen LogP contribution in [0.5, 0.6) is 0 Å².